The molecule has 0 aliphatic rings. The fraction of sp³-hybridized carbons (Fsp3) is 0.167. The van der Waals surface area contributed by atoms with E-state index in [-0.39, 0.29) is 23.3 Å². The molecule has 2 N–H and O–H groups in total. The van der Waals surface area contributed by atoms with Crippen molar-refractivity contribution < 1.29 is 9.66 Å². The number of benzene rings is 1. The first-order valence-electron chi connectivity index (χ1n) is 5.64. The lowest BCUT2D eigenvalue weighted by Gasteiger charge is -2.06. The number of nitrogens with two attached hydrogens (primary N) is 1. The molecule has 1 aromatic heterocycles. The molecule has 0 aliphatic carbocycles. The third kappa shape index (κ3) is 2.95. The predicted molar refractivity (Wildman–Crippen MR) is 69.0 cm³/mol. The number of nitro benzene ring substituents is 1. The Morgan fingerprint density at radius 1 is 1.42 bits per heavy atom. The lowest BCUT2D eigenvalue weighted by atomic mass is 10.1. The van der Waals surface area contributed by atoms with Crippen molar-refractivity contribution in [1.82, 2.24) is 9.97 Å². The second-order valence-corrected chi connectivity index (χ2v) is 3.77. The van der Waals surface area contributed by atoms with Gasteiger partial charge in [0, 0.05) is 18.3 Å². The Kier molecular flexibility index (Phi) is 3.56. The highest BCUT2D eigenvalue weighted by atomic mass is 16.6. The first kappa shape index (κ1) is 12.7. The summed E-state index contributed by atoms with van der Waals surface area (Å²) in [4.78, 5) is 18.1. The number of aryl methyl sites for hydroxylation is 1. The van der Waals surface area contributed by atoms with E-state index in [0.717, 1.165) is 5.56 Å². The summed E-state index contributed by atoms with van der Waals surface area (Å²) in [5, 5.41) is 11.0. The van der Waals surface area contributed by atoms with Gasteiger partial charge in [0.05, 0.1) is 4.92 Å². The van der Waals surface area contributed by atoms with E-state index in [9.17, 15) is 10.1 Å². The largest absolute Gasteiger partial charge is 0.432 e. The standard InChI is InChI=1S/C12H12N4O3/c1-2-8-3-4-10(9(7-8)16(17)18)19-11-5-6-14-12(13)15-11/h3-7H,2H2,1H3,(H2,13,14,15). The Balaban J connectivity index is 2.36. The van der Waals surface area contributed by atoms with E-state index >= 15 is 0 Å². The summed E-state index contributed by atoms with van der Waals surface area (Å²) in [6.45, 7) is 1.92. The average molecular weight is 260 g/mol. The van der Waals surface area contributed by atoms with Gasteiger partial charge in [0.15, 0.2) is 0 Å². The summed E-state index contributed by atoms with van der Waals surface area (Å²) in [6, 6.07) is 6.29. The molecule has 0 bridgehead atoms. The summed E-state index contributed by atoms with van der Waals surface area (Å²) in [6.07, 6.45) is 2.13. The van der Waals surface area contributed by atoms with Gasteiger partial charge in [0.2, 0.25) is 17.6 Å². The third-order valence-electron chi connectivity index (χ3n) is 2.49. The maximum absolute atomic E-state index is 11.0. The van der Waals surface area contributed by atoms with Crippen LogP contribution in [0.3, 0.4) is 0 Å². The van der Waals surface area contributed by atoms with Crippen LogP contribution in [-0.2, 0) is 6.42 Å². The molecule has 0 atom stereocenters. The molecule has 0 fully saturated rings. The minimum absolute atomic E-state index is 0.0466. The van der Waals surface area contributed by atoms with E-state index in [2.05, 4.69) is 9.97 Å². The Hall–Kier alpha value is -2.70. The zero-order chi connectivity index (χ0) is 13.8. The molecule has 19 heavy (non-hydrogen) atoms. The van der Waals surface area contributed by atoms with Crippen LogP contribution in [0.1, 0.15) is 12.5 Å². The van der Waals surface area contributed by atoms with E-state index in [1.165, 1.54) is 18.3 Å². The molecule has 0 radical (unpaired) electrons. The van der Waals surface area contributed by atoms with Crippen molar-refractivity contribution in [1.29, 1.82) is 0 Å². The number of nitrogens with zero attached hydrogens (tertiary/aromatic N) is 3. The number of hydrogen-bond acceptors (Lipinski definition) is 6. The molecule has 2 aromatic rings. The molecule has 7 nitrogen and oxygen atoms in total. The predicted octanol–water partition coefficient (Wildman–Crippen LogP) is 2.32. The molecule has 0 unspecified atom stereocenters. The van der Waals surface area contributed by atoms with Crippen LogP contribution < -0.4 is 10.5 Å². The maximum atomic E-state index is 11.0. The highest BCUT2D eigenvalue weighted by Crippen LogP contribution is 2.31. The highest BCUT2D eigenvalue weighted by Gasteiger charge is 2.16. The van der Waals surface area contributed by atoms with Crippen molar-refractivity contribution in [3.05, 3.63) is 46.1 Å². The fourth-order valence-electron chi connectivity index (χ4n) is 1.54. The lowest BCUT2D eigenvalue weighted by Crippen LogP contribution is -1.98. The Bertz CT molecular complexity index is 616. The molecule has 0 spiro atoms. The van der Waals surface area contributed by atoms with Crippen LogP contribution in [0.25, 0.3) is 0 Å². The van der Waals surface area contributed by atoms with Gasteiger partial charge in [-0.05, 0) is 18.1 Å². The molecule has 1 heterocycles. The van der Waals surface area contributed by atoms with Crippen LogP contribution in [0.4, 0.5) is 11.6 Å². The number of nitrogen functional groups attached to an aromatic ring is 1. The molecule has 98 valence electrons. The fourth-order valence-corrected chi connectivity index (χ4v) is 1.54. The van der Waals surface area contributed by atoms with E-state index < -0.39 is 4.92 Å². The Labute approximate surface area is 109 Å². The van der Waals surface area contributed by atoms with Gasteiger partial charge in [0.25, 0.3) is 0 Å². The summed E-state index contributed by atoms with van der Waals surface area (Å²) >= 11 is 0. The van der Waals surface area contributed by atoms with Gasteiger partial charge in [-0.1, -0.05) is 13.0 Å². The quantitative estimate of drug-likeness (QED) is 0.668. The van der Waals surface area contributed by atoms with E-state index in [1.807, 2.05) is 6.92 Å². The number of nitro groups is 1. The van der Waals surface area contributed by atoms with Crippen molar-refractivity contribution in [2.45, 2.75) is 13.3 Å². The molecule has 0 aliphatic heterocycles. The monoisotopic (exact) mass is 260 g/mol. The first-order valence-corrected chi connectivity index (χ1v) is 5.64. The number of ether oxygens (including phenoxy) is 1. The van der Waals surface area contributed by atoms with Crippen LogP contribution in [0.2, 0.25) is 0 Å². The van der Waals surface area contributed by atoms with Gasteiger partial charge in [0.1, 0.15) is 0 Å². The number of aromatic nitrogens is 2. The van der Waals surface area contributed by atoms with Crippen molar-refractivity contribution in [2.75, 3.05) is 5.73 Å². The highest BCUT2D eigenvalue weighted by molar-refractivity contribution is 5.50. The van der Waals surface area contributed by atoms with Gasteiger partial charge in [-0.25, -0.2) is 4.98 Å². The van der Waals surface area contributed by atoms with Crippen molar-refractivity contribution >= 4 is 11.6 Å². The zero-order valence-electron chi connectivity index (χ0n) is 10.2. The SMILES string of the molecule is CCc1ccc(Oc2ccnc(N)n2)c([N+](=O)[O-])c1. The molecule has 7 heteroatoms. The van der Waals surface area contributed by atoms with Crippen molar-refractivity contribution in [3.63, 3.8) is 0 Å². The number of rotatable bonds is 4. The molecule has 0 saturated heterocycles. The molecule has 1 aromatic carbocycles. The van der Waals surface area contributed by atoms with Gasteiger partial charge < -0.3 is 10.5 Å². The second-order valence-electron chi connectivity index (χ2n) is 3.77. The summed E-state index contributed by atoms with van der Waals surface area (Å²) in [7, 11) is 0. The normalized spacial score (nSPS) is 10.2. The molecular weight excluding hydrogens is 248 g/mol. The Morgan fingerprint density at radius 3 is 2.84 bits per heavy atom. The van der Waals surface area contributed by atoms with E-state index in [1.54, 1.807) is 12.1 Å². The lowest BCUT2D eigenvalue weighted by molar-refractivity contribution is -0.385. The first-order chi connectivity index (χ1) is 9.10. The molecule has 0 amide bonds. The molecule has 2 rings (SSSR count). The van der Waals surface area contributed by atoms with Crippen LogP contribution in [0.15, 0.2) is 30.5 Å². The minimum Gasteiger partial charge on any atom is -0.432 e. The third-order valence-corrected chi connectivity index (χ3v) is 2.49. The average Bonchev–Trinajstić information content (AvgIpc) is 2.39. The summed E-state index contributed by atoms with van der Waals surface area (Å²) < 4.78 is 5.38. The molecular formula is C12H12N4O3. The minimum atomic E-state index is -0.487. The van der Waals surface area contributed by atoms with Gasteiger partial charge in [-0.3, -0.25) is 10.1 Å². The number of anilines is 1. The van der Waals surface area contributed by atoms with Crippen LogP contribution in [-0.4, -0.2) is 14.9 Å². The van der Waals surface area contributed by atoms with E-state index in [0.29, 0.717) is 6.42 Å². The number of hydrogen-bond donors (Lipinski definition) is 1. The van der Waals surface area contributed by atoms with Gasteiger partial charge in [-0.15, -0.1) is 0 Å². The van der Waals surface area contributed by atoms with Crippen LogP contribution in [0, 0.1) is 10.1 Å². The molecule has 0 saturated carbocycles. The second kappa shape index (κ2) is 5.30. The van der Waals surface area contributed by atoms with Crippen molar-refractivity contribution in [3.8, 4) is 11.6 Å². The van der Waals surface area contributed by atoms with Gasteiger partial charge in [-0.2, -0.15) is 4.98 Å². The topological polar surface area (TPSA) is 104 Å². The zero-order valence-corrected chi connectivity index (χ0v) is 10.2. The summed E-state index contributed by atoms with van der Waals surface area (Å²) in [5.74, 6) is 0.338. The van der Waals surface area contributed by atoms with E-state index in [4.69, 9.17) is 10.5 Å². The summed E-state index contributed by atoms with van der Waals surface area (Å²) in [5.41, 5.74) is 6.18. The Morgan fingerprint density at radius 2 is 2.21 bits per heavy atom. The van der Waals surface area contributed by atoms with Crippen LogP contribution >= 0.6 is 0 Å². The smallest absolute Gasteiger partial charge is 0.311 e. The van der Waals surface area contributed by atoms with Crippen molar-refractivity contribution in [2.24, 2.45) is 0 Å². The van der Waals surface area contributed by atoms with Gasteiger partial charge >= 0.3 is 5.69 Å². The maximum Gasteiger partial charge on any atom is 0.311 e. The van der Waals surface area contributed by atoms with Crippen LogP contribution in [0.5, 0.6) is 11.6 Å².